The van der Waals surface area contributed by atoms with Crippen LogP contribution in [0.2, 0.25) is 0 Å². The van der Waals surface area contributed by atoms with Crippen molar-refractivity contribution in [3.05, 3.63) is 63.6 Å². The number of nitrogens with zero attached hydrogens (tertiary/aromatic N) is 2. The van der Waals surface area contributed by atoms with Gasteiger partial charge in [-0.1, -0.05) is 30.3 Å². The number of ether oxygens (including phenoxy) is 2. The first-order valence-corrected chi connectivity index (χ1v) is 9.54. The van der Waals surface area contributed by atoms with E-state index < -0.39 is 0 Å². The number of amides is 1. The topological polar surface area (TPSA) is 60.8 Å². The lowest BCUT2D eigenvalue weighted by atomic mass is 10.0. The minimum atomic E-state index is -0.250. The third kappa shape index (κ3) is 2.51. The summed E-state index contributed by atoms with van der Waals surface area (Å²) in [5.41, 5.74) is 2.04. The third-order valence-electron chi connectivity index (χ3n) is 5.88. The largest absolute Gasteiger partial charge is 0.483 e. The SMILES string of the molecule is C[C@@H]1CCOC2C3CCc4cc(=O)c(OCc5ccccc5)c(n43)C(=O)N21. The van der Waals surface area contributed by atoms with Gasteiger partial charge >= 0.3 is 0 Å². The van der Waals surface area contributed by atoms with Crippen LogP contribution in [0.3, 0.4) is 0 Å². The molecule has 6 nitrogen and oxygen atoms in total. The normalized spacial score (nSPS) is 25.9. The fourth-order valence-corrected chi connectivity index (χ4v) is 4.56. The van der Waals surface area contributed by atoms with Gasteiger partial charge in [-0.2, -0.15) is 0 Å². The molecule has 1 aromatic carbocycles. The number of hydrogen-bond acceptors (Lipinski definition) is 4. The van der Waals surface area contributed by atoms with E-state index in [0.29, 0.717) is 12.3 Å². The summed E-state index contributed by atoms with van der Waals surface area (Å²) in [6.07, 6.45) is 2.20. The zero-order chi connectivity index (χ0) is 18.5. The van der Waals surface area contributed by atoms with E-state index in [2.05, 4.69) is 0 Å². The number of carbonyl (C=O) groups is 1. The lowest BCUT2D eigenvalue weighted by Crippen LogP contribution is -2.58. The van der Waals surface area contributed by atoms with Crippen molar-refractivity contribution in [3.8, 4) is 5.75 Å². The van der Waals surface area contributed by atoms with Crippen LogP contribution in [-0.4, -0.2) is 34.3 Å². The second-order valence-electron chi connectivity index (χ2n) is 7.54. The number of hydrogen-bond donors (Lipinski definition) is 0. The van der Waals surface area contributed by atoms with Crippen molar-refractivity contribution in [1.29, 1.82) is 0 Å². The Balaban J connectivity index is 1.60. The van der Waals surface area contributed by atoms with Gasteiger partial charge < -0.3 is 18.9 Å². The Hall–Kier alpha value is -2.60. The van der Waals surface area contributed by atoms with E-state index in [4.69, 9.17) is 9.47 Å². The Morgan fingerprint density at radius 2 is 2.00 bits per heavy atom. The number of pyridine rings is 1. The maximum absolute atomic E-state index is 13.4. The molecule has 1 saturated heterocycles. The van der Waals surface area contributed by atoms with Gasteiger partial charge in [0, 0.05) is 17.8 Å². The fraction of sp³-hybridized carbons (Fsp3) is 0.429. The zero-order valence-corrected chi connectivity index (χ0v) is 15.3. The first kappa shape index (κ1) is 16.6. The van der Waals surface area contributed by atoms with Gasteiger partial charge in [0.05, 0.1) is 12.6 Å². The molecule has 3 aliphatic rings. The van der Waals surface area contributed by atoms with Gasteiger partial charge in [-0.05, 0) is 31.7 Å². The Morgan fingerprint density at radius 1 is 1.19 bits per heavy atom. The molecule has 1 fully saturated rings. The van der Waals surface area contributed by atoms with Gasteiger partial charge in [-0.25, -0.2) is 0 Å². The molecule has 0 radical (unpaired) electrons. The molecule has 2 unspecified atom stereocenters. The van der Waals surface area contributed by atoms with Gasteiger partial charge in [-0.15, -0.1) is 0 Å². The number of rotatable bonds is 3. The summed E-state index contributed by atoms with van der Waals surface area (Å²) in [4.78, 5) is 27.9. The highest BCUT2D eigenvalue weighted by molar-refractivity contribution is 5.96. The summed E-state index contributed by atoms with van der Waals surface area (Å²) in [6, 6.07) is 11.4. The number of benzene rings is 1. The van der Waals surface area contributed by atoms with Crippen LogP contribution >= 0.6 is 0 Å². The number of aromatic nitrogens is 1. The van der Waals surface area contributed by atoms with Crippen LogP contribution in [0.5, 0.6) is 5.75 Å². The summed E-state index contributed by atoms with van der Waals surface area (Å²) in [7, 11) is 0. The molecule has 0 saturated carbocycles. The second-order valence-corrected chi connectivity index (χ2v) is 7.54. The number of fused-ring (bicyclic) bond motifs is 2. The van der Waals surface area contributed by atoms with Gasteiger partial charge in [-0.3, -0.25) is 9.59 Å². The summed E-state index contributed by atoms with van der Waals surface area (Å²) in [5, 5.41) is 0. The summed E-state index contributed by atoms with van der Waals surface area (Å²) < 4.78 is 13.9. The first-order chi connectivity index (χ1) is 13.1. The molecule has 1 amide bonds. The molecule has 0 aliphatic carbocycles. The van der Waals surface area contributed by atoms with Crippen LogP contribution < -0.4 is 10.2 Å². The molecule has 3 atom stereocenters. The van der Waals surface area contributed by atoms with Crippen LogP contribution in [0, 0.1) is 0 Å². The fourth-order valence-electron chi connectivity index (χ4n) is 4.56. The molecule has 3 aliphatic heterocycles. The van der Waals surface area contributed by atoms with Crippen LogP contribution in [-0.2, 0) is 17.8 Å². The van der Waals surface area contributed by atoms with Crippen molar-refractivity contribution >= 4 is 5.91 Å². The Labute approximate surface area is 157 Å². The van der Waals surface area contributed by atoms with Crippen LogP contribution in [0.15, 0.2) is 41.2 Å². The lowest BCUT2D eigenvalue weighted by Gasteiger charge is -2.47. The highest BCUT2D eigenvalue weighted by Gasteiger charge is 2.48. The van der Waals surface area contributed by atoms with E-state index in [1.807, 2.05) is 46.7 Å². The van der Waals surface area contributed by atoms with Crippen LogP contribution in [0.1, 0.15) is 47.6 Å². The van der Waals surface area contributed by atoms with E-state index in [9.17, 15) is 9.59 Å². The summed E-state index contributed by atoms with van der Waals surface area (Å²) in [6.45, 7) is 2.97. The minimum Gasteiger partial charge on any atom is -0.483 e. The average Bonchev–Trinajstić information content (AvgIpc) is 3.09. The van der Waals surface area contributed by atoms with Crippen molar-refractivity contribution in [2.24, 2.45) is 0 Å². The van der Waals surface area contributed by atoms with E-state index >= 15 is 0 Å². The average molecular weight is 366 g/mol. The minimum absolute atomic E-state index is 0.0510. The van der Waals surface area contributed by atoms with Gasteiger partial charge in [0.2, 0.25) is 5.43 Å². The number of carbonyl (C=O) groups excluding carboxylic acids is 1. The van der Waals surface area contributed by atoms with Gasteiger partial charge in [0.25, 0.3) is 5.91 Å². The second kappa shape index (κ2) is 6.23. The molecule has 140 valence electrons. The predicted octanol–water partition coefficient (Wildman–Crippen LogP) is 2.51. The van der Waals surface area contributed by atoms with Crippen molar-refractivity contribution < 1.29 is 14.3 Å². The Bertz CT molecular complexity index is 953. The van der Waals surface area contributed by atoms with Gasteiger partial charge in [0.1, 0.15) is 6.61 Å². The number of aryl methyl sites for hydroxylation is 1. The van der Waals surface area contributed by atoms with E-state index in [0.717, 1.165) is 30.5 Å². The molecule has 1 aromatic heterocycles. The van der Waals surface area contributed by atoms with Crippen molar-refractivity contribution in [3.63, 3.8) is 0 Å². The quantitative estimate of drug-likeness (QED) is 0.837. The molecular weight excluding hydrogens is 344 g/mol. The molecule has 0 spiro atoms. The molecule has 0 bridgehead atoms. The standard InChI is InChI=1S/C21H22N2O4/c1-13-9-10-26-21-16-8-7-15-11-17(24)19(18(23(15)16)20(25)22(13)21)27-12-14-5-3-2-4-6-14/h2-6,11,13,16,21H,7-10,12H2,1H3/t13-,16?,21?/m1/s1. The van der Waals surface area contributed by atoms with Crippen LogP contribution in [0.4, 0.5) is 0 Å². The molecule has 27 heavy (non-hydrogen) atoms. The van der Waals surface area contributed by atoms with E-state index in [-0.39, 0.29) is 42.0 Å². The van der Waals surface area contributed by atoms with Crippen molar-refractivity contribution in [2.75, 3.05) is 6.61 Å². The molecule has 5 rings (SSSR count). The third-order valence-corrected chi connectivity index (χ3v) is 5.88. The molecule has 2 aromatic rings. The van der Waals surface area contributed by atoms with E-state index in [1.54, 1.807) is 6.07 Å². The highest BCUT2D eigenvalue weighted by Crippen LogP contribution is 2.42. The first-order valence-electron chi connectivity index (χ1n) is 9.54. The maximum Gasteiger partial charge on any atom is 0.276 e. The summed E-state index contributed by atoms with van der Waals surface area (Å²) in [5.74, 6) is 0.00286. The smallest absolute Gasteiger partial charge is 0.276 e. The molecular formula is C21H22N2O4. The predicted molar refractivity (Wildman–Crippen MR) is 98.8 cm³/mol. The van der Waals surface area contributed by atoms with Crippen molar-refractivity contribution in [1.82, 2.24) is 9.47 Å². The highest BCUT2D eigenvalue weighted by atomic mass is 16.5. The maximum atomic E-state index is 13.4. The molecule has 4 heterocycles. The Kier molecular flexibility index (Phi) is 3.82. The molecule has 0 N–H and O–H groups in total. The zero-order valence-electron chi connectivity index (χ0n) is 15.3. The summed E-state index contributed by atoms with van der Waals surface area (Å²) >= 11 is 0. The lowest BCUT2D eigenvalue weighted by molar-refractivity contribution is -0.128. The van der Waals surface area contributed by atoms with Gasteiger partial charge in [0.15, 0.2) is 17.7 Å². The van der Waals surface area contributed by atoms with E-state index in [1.165, 1.54) is 0 Å². The molecule has 6 heteroatoms. The van der Waals surface area contributed by atoms with Crippen molar-refractivity contribution in [2.45, 2.75) is 51.1 Å². The monoisotopic (exact) mass is 366 g/mol. The Morgan fingerprint density at radius 3 is 2.81 bits per heavy atom. The van der Waals surface area contributed by atoms with Crippen LogP contribution in [0.25, 0.3) is 0 Å².